The molecule has 1 rings (SSSR count). The second-order valence-electron chi connectivity index (χ2n) is 5.12. The van der Waals surface area contributed by atoms with Crippen LogP contribution in [0.5, 0.6) is 5.75 Å². The zero-order chi connectivity index (χ0) is 14.6. The summed E-state index contributed by atoms with van der Waals surface area (Å²) in [5.74, 6) is 0.801. The van der Waals surface area contributed by atoms with Gasteiger partial charge in [-0.1, -0.05) is 51.9 Å². The smallest absolute Gasteiger partial charge is 0.252 e. The van der Waals surface area contributed by atoms with Gasteiger partial charge in [-0.2, -0.15) is 0 Å². The van der Waals surface area contributed by atoms with E-state index in [1.54, 1.807) is 24.3 Å². The molecular formula is C17H25ClO2. The number of hydrogen-bond acceptors (Lipinski definition) is 2. The molecule has 0 atom stereocenters. The van der Waals surface area contributed by atoms with Gasteiger partial charge in [0.25, 0.3) is 5.24 Å². The van der Waals surface area contributed by atoms with Crippen LogP contribution in [0.3, 0.4) is 0 Å². The van der Waals surface area contributed by atoms with Gasteiger partial charge in [0.1, 0.15) is 5.75 Å². The van der Waals surface area contributed by atoms with Crippen LogP contribution in [0, 0.1) is 0 Å². The van der Waals surface area contributed by atoms with Crippen molar-refractivity contribution in [1.29, 1.82) is 0 Å². The van der Waals surface area contributed by atoms with E-state index < -0.39 is 5.24 Å². The summed E-state index contributed by atoms with van der Waals surface area (Å²) in [5.41, 5.74) is 0.506. The number of rotatable bonds is 11. The van der Waals surface area contributed by atoms with Gasteiger partial charge in [0.05, 0.1) is 6.61 Å². The zero-order valence-corrected chi connectivity index (χ0v) is 13.1. The monoisotopic (exact) mass is 296 g/mol. The number of halogens is 1. The summed E-state index contributed by atoms with van der Waals surface area (Å²) in [5, 5.41) is -0.431. The number of unbranched alkanes of at least 4 members (excludes halogenated alkanes) is 7. The molecule has 0 aliphatic heterocycles. The molecule has 0 aromatic heterocycles. The van der Waals surface area contributed by atoms with Gasteiger partial charge in [0.2, 0.25) is 0 Å². The molecule has 3 heteroatoms. The van der Waals surface area contributed by atoms with E-state index in [4.69, 9.17) is 16.3 Å². The van der Waals surface area contributed by atoms with E-state index in [9.17, 15) is 4.79 Å². The summed E-state index contributed by atoms with van der Waals surface area (Å²) in [6.07, 6.45) is 10.4. The van der Waals surface area contributed by atoms with Gasteiger partial charge in [-0.3, -0.25) is 4.79 Å². The lowest BCUT2D eigenvalue weighted by Gasteiger charge is -2.06. The first-order chi connectivity index (χ1) is 9.74. The van der Waals surface area contributed by atoms with Crippen molar-refractivity contribution in [3.05, 3.63) is 29.8 Å². The van der Waals surface area contributed by atoms with E-state index in [1.165, 1.54) is 44.9 Å². The van der Waals surface area contributed by atoms with Crippen molar-refractivity contribution < 1.29 is 9.53 Å². The topological polar surface area (TPSA) is 26.3 Å². The Kier molecular flexibility index (Phi) is 9.14. The summed E-state index contributed by atoms with van der Waals surface area (Å²) in [6.45, 7) is 2.98. The summed E-state index contributed by atoms with van der Waals surface area (Å²) in [6, 6.07) is 6.97. The minimum atomic E-state index is -0.431. The predicted molar refractivity (Wildman–Crippen MR) is 84.7 cm³/mol. The number of benzene rings is 1. The third-order valence-electron chi connectivity index (χ3n) is 3.35. The highest BCUT2D eigenvalue weighted by atomic mass is 35.5. The van der Waals surface area contributed by atoms with Crippen LogP contribution in [0.2, 0.25) is 0 Å². The molecule has 1 aromatic carbocycles. The van der Waals surface area contributed by atoms with Gasteiger partial charge in [-0.25, -0.2) is 0 Å². The fraction of sp³-hybridized carbons (Fsp3) is 0.588. The van der Waals surface area contributed by atoms with E-state index >= 15 is 0 Å². The molecule has 0 saturated heterocycles. The maximum Gasteiger partial charge on any atom is 0.252 e. The van der Waals surface area contributed by atoms with Crippen LogP contribution in [0.25, 0.3) is 0 Å². The van der Waals surface area contributed by atoms with E-state index in [0.717, 1.165) is 18.8 Å². The Morgan fingerprint density at radius 3 is 2.05 bits per heavy atom. The van der Waals surface area contributed by atoms with Crippen LogP contribution < -0.4 is 4.74 Å². The standard InChI is InChI=1S/C17H25ClO2/c1-2-3-4-5-6-7-8-9-14-20-16-12-10-15(11-13-16)17(18)19/h10-13H,2-9,14H2,1H3. The molecule has 0 spiro atoms. The van der Waals surface area contributed by atoms with E-state index in [0.29, 0.717) is 5.56 Å². The summed E-state index contributed by atoms with van der Waals surface area (Å²) in [4.78, 5) is 10.9. The Balaban J connectivity index is 2.02. The van der Waals surface area contributed by atoms with Crippen molar-refractivity contribution in [2.45, 2.75) is 58.3 Å². The summed E-state index contributed by atoms with van der Waals surface area (Å²) < 4.78 is 5.63. The molecule has 0 radical (unpaired) electrons. The van der Waals surface area contributed by atoms with Crippen LogP contribution in [0.15, 0.2) is 24.3 Å². The molecule has 0 saturated carbocycles. The highest BCUT2D eigenvalue weighted by Crippen LogP contribution is 2.14. The number of hydrogen-bond donors (Lipinski definition) is 0. The fourth-order valence-corrected chi connectivity index (χ4v) is 2.23. The van der Waals surface area contributed by atoms with E-state index in [1.807, 2.05) is 0 Å². The first-order valence-corrected chi connectivity index (χ1v) is 8.04. The maximum absolute atomic E-state index is 10.9. The van der Waals surface area contributed by atoms with Crippen molar-refractivity contribution in [2.24, 2.45) is 0 Å². The van der Waals surface area contributed by atoms with Crippen LogP contribution in [0.4, 0.5) is 0 Å². The summed E-state index contributed by atoms with van der Waals surface area (Å²) >= 11 is 5.38. The molecule has 112 valence electrons. The van der Waals surface area contributed by atoms with Crippen molar-refractivity contribution in [2.75, 3.05) is 6.61 Å². The van der Waals surface area contributed by atoms with E-state index in [-0.39, 0.29) is 0 Å². The van der Waals surface area contributed by atoms with Gasteiger partial charge in [0, 0.05) is 5.56 Å². The molecule has 0 fully saturated rings. The molecule has 0 amide bonds. The fourth-order valence-electron chi connectivity index (χ4n) is 2.11. The van der Waals surface area contributed by atoms with E-state index in [2.05, 4.69) is 6.92 Å². The van der Waals surface area contributed by atoms with Crippen LogP contribution in [-0.4, -0.2) is 11.8 Å². The van der Waals surface area contributed by atoms with Crippen molar-refractivity contribution in [1.82, 2.24) is 0 Å². The molecule has 20 heavy (non-hydrogen) atoms. The van der Waals surface area contributed by atoms with Gasteiger partial charge in [-0.05, 0) is 42.3 Å². The van der Waals surface area contributed by atoms with Gasteiger partial charge < -0.3 is 4.74 Å². The maximum atomic E-state index is 10.9. The molecule has 0 aliphatic carbocycles. The minimum absolute atomic E-state index is 0.431. The Hall–Kier alpha value is -1.02. The normalized spacial score (nSPS) is 10.5. The van der Waals surface area contributed by atoms with Gasteiger partial charge >= 0.3 is 0 Å². The average molecular weight is 297 g/mol. The lowest BCUT2D eigenvalue weighted by Crippen LogP contribution is -1.98. The van der Waals surface area contributed by atoms with Crippen molar-refractivity contribution >= 4 is 16.8 Å². The lowest BCUT2D eigenvalue weighted by molar-refractivity contribution is 0.108. The molecular weight excluding hydrogens is 272 g/mol. The number of carbonyl (C=O) groups excluding carboxylic acids is 1. The number of ether oxygens (including phenoxy) is 1. The highest BCUT2D eigenvalue weighted by molar-refractivity contribution is 6.67. The van der Waals surface area contributed by atoms with Crippen LogP contribution >= 0.6 is 11.6 Å². The third kappa shape index (κ3) is 7.54. The quantitative estimate of drug-likeness (QED) is 0.393. The molecule has 1 aromatic rings. The highest BCUT2D eigenvalue weighted by Gasteiger charge is 2.01. The first-order valence-electron chi connectivity index (χ1n) is 7.66. The van der Waals surface area contributed by atoms with Crippen LogP contribution in [-0.2, 0) is 0 Å². The zero-order valence-electron chi connectivity index (χ0n) is 12.4. The second-order valence-corrected chi connectivity index (χ2v) is 5.46. The SMILES string of the molecule is CCCCCCCCCCOc1ccc(C(=O)Cl)cc1. The van der Waals surface area contributed by atoms with Gasteiger partial charge in [-0.15, -0.1) is 0 Å². The molecule has 0 unspecified atom stereocenters. The Bertz CT molecular complexity index is 373. The average Bonchev–Trinajstić information content (AvgIpc) is 2.46. The minimum Gasteiger partial charge on any atom is -0.494 e. The molecule has 2 nitrogen and oxygen atoms in total. The Morgan fingerprint density at radius 1 is 0.950 bits per heavy atom. The van der Waals surface area contributed by atoms with Crippen LogP contribution in [0.1, 0.15) is 68.6 Å². The lowest BCUT2D eigenvalue weighted by atomic mass is 10.1. The molecule has 0 heterocycles. The predicted octanol–water partition coefficient (Wildman–Crippen LogP) is 5.59. The third-order valence-corrected chi connectivity index (χ3v) is 3.57. The molecule has 0 aliphatic rings. The first kappa shape index (κ1) is 17.0. The largest absolute Gasteiger partial charge is 0.494 e. The number of carbonyl (C=O) groups is 1. The molecule has 0 bridgehead atoms. The second kappa shape index (κ2) is 10.7. The summed E-state index contributed by atoms with van der Waals surface area (Å²) in [7, 11) is 0. The Morgan fingerprint density at radius 2 is 1.50 bits per heavy atom. The van der Waals surface area contributed by atoms with Crippen molar-refractivity contribution in [3.8, 4) is 5.75 Å². The Labute approximate surface area is 127 Å². The molecule has 0 N–H and O–H groups in total. The van der Waals surface area contributed by atoms with Crippen molar-refractivity contribution in [3.63, 3.8) is 0 Å². The van der Waals surface area contributed by atoms with Gasteiger partial charge in [0.15, 0.2) is 0 Å².